The molecule has 70 valence electrons. The molecule has 0 aliphatic carbocycles. The molecule has 0 saturated heterocycles. The normalized spacial score (nSPS) is 11.7. The summed E-state index contributed by atoms with van der Waals surface area (Å²) in [5, 5.41) is 0. The summed E-state index contributed by atoms with van der Waals surface area (Å²) in [6.45, 7) is 11.4. The highest BCUT2D eigenvalue weighted by Crippen LogP contribution is 2.33. The molecule has 0 fully saturated rings. The highest BCUT2D eigenvalue weighted by Gasteiger charge is 2.19. The summed E-state index contributed by atoms with van der Waals surface area (Å²) >= 11 is 1.37. The van der Waals surface area contributed by atoms with Gasteiger partial charge in [-0.3, -0.25) is 4.79 Å². The highest BCUT2D eigenvalue weighted by molar-refractivity contribution is 7.14. The van der Waals surface area contributed by atoms with E-state index in [9.17, 15) is 4.79 Å². The molecule has 1 aromatic rings. The van der Waals surface area contributed by atoms with Crippen molar-refractivity contribution in [2.24, 2.45) is 0 Å². The topological polar surface area (TPSA) is 43.1 Å². The second-order valence-electron chi connectivity index (χ2n) is 4.01. The van der Waals surface area contributed by atoms with Gasteiger partial charge in [-0.15, -0.1) is 11.3 Å². The number of carbonyl (C=O) groups is 1. The first-order chi connectivity index (χ1) is 5.82. The Bertz CT molecular complexity index is 333. The van der Waals surface area contributed by atoms with Gasteiger partial charge >= 0.3 is 0 Å². The summed E-state index contributed by atoms with van der Waals surface area (Å²) in [4.78, 5) is 12.5. The number of ketones is 1. The Balaban J connectivity index is 3.17. The van der Waals surface area contributed by atoms with Crippen molar-refractivity contribution < 1.29 is 4.79 Å². The lowest BCUT2D eigenvalue weighted by Gasteiger charge is -2.14. The summed E-state index contributed by atoms with van der Waals surface area (Å²) in [7, 11) is 0. The van der Waals surface area contributed by atoms with E-state index in [0.717, 1.165) is 4.88 Å². The average molecular weight is 195 g/mol. The third-order valence-electron chi connectivity index (χ3n) is 1.72. The van der Waals surface area contributed by atoms with Gasteiger partial charge in [0.1, 0.15) is 0 Å². The lowest BCUT2D eigenvalue weighted by atomic mass is 9.95. The van der Waals surface area contributed by atoms with E-state index >= 15 is 0 Å². The predicted molar refractivity (Wildman–Crippen MR) is 56.1 cm³/mol. The maximum absolute atomic E-state index is 10.9. The fourth-order valence-corrected chi connectivity index (χ4v) is 1.96. The molecular weight excluding hydrogens is 182 g/mol. The Morgan fingerprint density at radius 2 is 2.08 bits per heavy atom. The molecule has 3 heteroatoms. The molecule has 0 bridgehead atoms. The zero-order valence-electron chi connectivity index (χ0n) is 8.05. The van der Waals surface area contributed by atoms with Crippen molar-refractivity contribution in [2.75, 3.05) is 5.73 Å². The minimum atomic E-state index is -0.446. The third kappa shape index (κ3) is 2.10. The molecule has 2 N–H and O–H groups in total. The van der Waals surface area contributed by atoms with Crippen molar-refractivity contribution >= 4 is 22.8 Å². The lowest BCUT2D eigenvalue weighted by molar-refractivity contribution is 0.104. The number of anilines is 1. The Hall–Kier alpha value is -0.830. The zero-order valence-corrected chi connectivity index (χ0v) is 8.87. The van der Waals surface area contributed by atoms with E-state index in [1.807, 2.05) is 6.07 Å². The molecule has 0 amide bonds. The van der Waals surface area contributed by atoms with E-state index in [0.29, 0.717) is 10.6 Å². The molecule has 0 unspecified atom stereocenters. The van der Waals surface area contributed by atoms with E-state index in [4.69, 9.17) is 12.7 Å². The number of hydrogen-bond acceptors (Lipinski definition) is 3. The molecule has 2 radical (unpaired) electrons. The van der Waals surface area contributed by atoms with Crippen LogP contribution >= 0.6 is 11.3 Å². The number of carbonyl (C=O) groups excluding carboxylic acids is 1. The molecule has 0 aliphatic heterocycles. The standard InChI is InChI=1S/C10H13NOS/c1-6(12)9-7(11)5-8(13-9)10(2,3)4/h1,5H,11H2,2-4H3. The number of hydrogen-bond donors (Lipinski definition) is 1. The van der Waals surface area contributed by atoms with Crippen molar-refractivity contribution in [1.29, 1.82) is 0 Å². The fourth-order valence-electron chi connectivity index (χ4n) is 0.967. The van der Waals surface area contributed by atoms with Crippen molar-refractivity contribution in [1.82, 2.24) is 0 Å². The van der Waals surface area contributed by atoms with Crippen LogP contribution in [0.15, 0.2) is 6.07 Å². The van der Waals surface area contributed by atoms with Crippen LogP contribution in [0.25, 0.3) is 0 Å². The van der Waals surface area contributed by atoms with Crippen LogP contribution in [0.4, 0.5) is 5.69 Å². The SMILES string of the molecule is [CH]C(=O)c1sc(C(C)(C)C)cc1N. The Morgan fingerprint density at radius 1 is 1.54 bits per heavy atom. The predicted octanol–water partition coefficient (Wildman–Crippen LogP) is 2.52. The van der Waals surface area contributed by atoms with E-state index in [1.165, 1.54) is 11.3 Å². The summed E-state index contributed by atoms with van der Waals surface area (Å²) in [6.07, 6.45) is 0. The van der Waals surface area contributed by atoms with Gasteiger partial charge in [0.15, 0.2) is 5.78 Å². The number of thiophene rings is 1. The summed E-state index contributed by atoms with van der Waals surface area (Å²) in [5.74, 6) is -0.446. The van der Waals surface area contributed by atoms with Crippen molar-refractivity contribution in [3.05, 3.63) is 22.7 Å². The van der Waals surface area contributed by atoms with Crippen LogP contribution in [0.1, 0.15) is 35.3 Å². The largest absolute Gasteiger partial charge is 0.397 e. The van der Waals surface area contributed by atoms with Crippen molar-refractivity contribution in [3.63, 3.8) is 0 Å². The molecule has 1 heterocycles. The van der Waals surface area contributed by atoms with Crippen LogP contribution in [0, 0.1) is 6.92 Å². The van der Waals surface area contributed by atoms with Crippen LogP contribution in [0.5, 0.6) is 0 Å². The summed E-state index contributed by atoms with van der Waals surface area (Å²) in [5.41, 5.74) is 6.16. The first-order valence-electron chi connectivity index (χ1n) is 4.02. The molecular formula is C10H13NOS. The lowest BCUT2D eigenvalue weighted by Crippen LogP contribution is -2.07. The van der Waals surface area contributed by atoms with Crippen LogP contribution in [-0.4, -0.2) is 5.78 Å². The third-order valence-corrected chi connectivity index (χ3v) is 3.31. The minimum Gasteiger partial charge on any atom is -0.397 e. The molecule has 0 atom stereocenters. The average Bonchev–Trinajstić information content (AvgIpc) is 2.29. The van der Waals surface area contributed by atoms with Gasteiger partial charge in [-0.25, -0.2) is 0 Å². The van der Waals surface area contributed by atoms with E-state index in [1.54, 1.807) is 0 Å². The second kappa shape index (κ2) is 3.14. The number of Topliss-reactive ketones (excluding diaryl/α,β-unsaturated/α-hetero) is 1. The van der Waals surface area contributed by atoms with Gasteiger partial charge in [-0.05, 0) is 11.5 Å². The Morgan fingerprint density at radius 3 is 2.31 bits per heavy atom. The number of rotatable bonds is 1. The van der Waals surface area contributed by atoms with Gasteiger partial charge in [0.2, 0.25) is 0 Å². The van der Waals surface area contributed by atoms with Crippen molar-refractivity contribution in [3.8, 4) is 0 Å². The number of nitrogens with two attached hydrogens (primary N) is 1. The molecule has 0 spiro atoms. The molecule has 1 rings (SSSR count). The first-order valence-corrected chi connectivity index (χ1v) is 4.83. The molecule has 0 aliphatic rings. The monoisotopic (exact) mass is 195 g/mol. The highest BCUT2D eigenvalue weighted by atomic mass is 32.1. The van der Waals surface area contributed by atoms with Crippen molar-refractivity contribution in [2.45, 2.75) is 26.2 Å². The van der Waals surface area contributed by atoms with E-state index in [-0.39, 0.29) is 5.41 Å². The van der Waals surface area contributed by atoms with Gasteiger partial charge in [0, 0.05) is 11.8 Å². The first kappa shape index (κ1) is 10.3. The Labute approximate surface area is 82.8 Å². The van der Waals surface area contributed by atoms with Crippen LogP contribution in [0.3, 0.4) is 0 Å². The molecule has 13 heavy (non-hydrogen) atoms. The van der Waals surface area contributed by atoms with Crippen LogP contribution in [0.2, 0.25) is 0 Å². The summed E-state index contributed by atoms with van der Waals surface area (Å²) < 4.78 is 0. The fraction of sp³-hybridized carbons (Fsp3) is 0.400. The maximum Gasteiger partial charge on any atom is 0.179 e. The van der Waals surface area contributed by atoms with Gasteiger partial charge in [0.25, 0.3) is 0 Å². The van der Waals surface area contributed by atoms with Gasteiger partial charge in [-0.2, -0.15) is 0 Å². The smallest absolute Gasteiger partial charge is 0.179 e. The minimum absolute atomic E-state index is 0.0203. The van der Waals surface area contributed by atoms with E-state index < -0.39 is 5.78 Å². The van der Waals surface area contributed by atoms with E-state index in [2.05, 4.69) is 20.8 Å². The van der Waals surface area contributed by atoms with Gasteiger partial charge in [0.05, 0.1) is 10.6 Å². The summed E-state index contributed by atoms with van der Waals surface area (Å²) in [6, 6.07) is 1.82. The zero-order chi connectivity index (χ0) is 10.2. The van der Waals surface area contributed by atoms with Crippen LogP contribution < -0.4 is 5.73 Å². The maximum atomic E-state index is 10.9. The molecule has 0 saturated carbocycles. The number of nitrogen functional groups attached to an aromatic ring is 1. The second-order valence-corrected chi connectivity index (χ2v) is 5.06. The molecule has 1 aromatic heterocycles. The molecule has 2 nitrogen and oxygen atoms in total. The molecule has 0 aromatic carbocycles. The van der Waals surface area contributed by atoms with Crippen LogP contribution in [-0.2, 0) is 5.41 Å². The van der Waals surface area contributed by atoms with Gasteiger partial charge in [-0.1, -0.05) is 20.8 Å². The quantitative estimate of drug-likeness (QED) is 0.700. The van der Waals surface area contributed by atoms with Gasteiger partial charge < -0.3 is 5.73 Å². The Kier molecular flexibility index (Phi) is 2.48.